The number of rotatable bonds is 44. The van der Waals surface area contributed by atoms with Crippen LogP contribution >= 0.6 is 0 Å². The summed E-state index contributed by atoms with van der Waals surface area (Å²) >= 11 is 0. The highest BCUT2D eigenvalue weighted by Crippen LogP contribution is 2.27. The van der Waals surface area contributed by atoms with E-state index in [9.17, 15) is 45.3 Å². The summed E-state index contributed by atoms with van der Waals surface area (Å²) in [7, 11) is 0. The lowest BCUT2D eigenvalue weighted by Gasteiger charge is -2.42. The van der Waals surface area contributed by atoms with E-state index in [1.807, 2.05) is 0 Å². The third-order valence-electron chi connectivity index (χ3n) is 13.4. The summed E-state index contributed by atoms with van der Waals surface area (Å²) in [5.41, 5.74) is 0. The molecule has 0 spiro atoms. The highest BCUT2D eigenvalue weighted by Gasteiger charge is 2.47. The Morgan fingerprint density at radius 2 is 0.814 bits per heavy atom. The van der Waals surface area contributed by atoms with Gasteiger partial charge in [-0.3, -0.25) is 9.59 Å². The fourth-order valence-corrected chi connectivity index (χ4v) is 8.80. The zero-order valence-corrected chi connectivity index (χ0v) is 43.5. The number of carbonyl (C=O) groups is 2. The van der Waals surface area contributed by atoms with Crippen LogP contribution in [-0.2, 0) is 38.0 Å². The Labute approximate surface area is 422 Å². The monoisotopic (exact) mass is 1000 g/mol. The number of unbranched alkanes of at least 4 members (excludes halogenated alkanes) is 26. The molecule has 0 saturated carbocycles. The van der Waals surface area contributed by atoms with Gasteiger partial charge in [0.15, 0.2) is 18.7 Å². The Morgan fingerprint density at radius 3 is 1.27 bits per heavy atom. The SMILES string of the molecule is CCCCCCCC/C=C/CCCCCCCCCCCCCC(=O)OC[C@@H](CO[C@@H]1O[C@H](CO[C@@H]2O[C@H](CO)[C@H](O)C(O)C2O)[C@H](O)C(O)C1O)OC(=O)CCCCC/C=C/CCCCCCCC. The van der Waals surface area contributed by atoms with Crippen LogP contribution in [0, 0.1) is 0 Å². The summed E-state index contributed by atoms with van der Waals surface area (Å²) in [6, 6.07) is 0. The molecular formula is C55H100O15. The van der Waals surface area contributed by atoms with E-state index in [0.29, 0.717) is 12.8 Å². The summed E-state index contributed by atoms with van der Waals surface area (Å²) in [6.45, 7) is 2.58. The molecule has 70 heavy (non-hydrogen) atoms. The first-order chi connectivity index (χ1) is 34.0. The number of hydrogen-bond acceptors (Lipinski definition) is 15. The molecule has 2 saturated heterocycles. The molecule has 0 radical (unpaired) electrons. The highest BCUT2D eigenvalue weighted by atomic mass is 16.7. The van der Waals surface area contributed by atoms with Gasteiger partial charge in [0.25, 0.3) is 0 Å². The van der Waals surface area contributed by atoms with E-state index in [-0.39, 0.29) is 26.1 Å². The van der Waals surface area contributed by atoms with Crippen LogP contribution in [0.15, 0.2) is 24.3 Å². The van der Waals surface area contributed by atoms with Gasteiger partial charge in [-0.05, 0) is 64.2 Å². The Hall–Kier alpha value is -2.02. The standard InChI is InChI=1S/C55H100O15/c1-3-5-7-9-11-13-15-17-18-19-20-21-22-23-24-26-27-29-31-33-35-37-46(57)65-40-43(68-47(58)38-36-34-32-30-28-25-16-14-12-10-8-6-4-2)41-66-54-53(64)51(62)49(60)45(70-54)42-67-55-52(63)50(61)48(59)44(39-56)69-55/h17-18,25,28,43-45,48-56,59-64H,3-16,19-24,26-27,29-42H2,1-2H3/b18-17+,28-25+/t43-,44+,45+,48-,49-,50?,51?,52?,53?,54+,55+/m0/s1. The molecule has 2 aliphatic heterocycles. The van der Waals surface area contributed by atoms with Gasteiger partial charge in [-0.1, -0.05) is 167 Å². The Morgan fingerprint density at radius 1 is 0.443 bits per heavy atom. The van der Waals surface area contributed by atoms with Crippen molar-refractivity contribution in [1.29, 1.82) is 0 Å². The van der Waals surface area contributed by atoms with Crippen LogP contribution in [-0.4, -0.2) is 142 Å². The summed E-state index contributed by atoms with van der Waals surface area (Å²) in [5.74, 6) is -0.937. The molecular weight excluding hydrogens is 901 g/mol. The number of esters is 2. The first kappa shape index (κ1) is 64.1. The quantitative estimate of drug-likeness (QED) is 0.0172. The first-order valence-electron chi connectivity index (χ1n) is 27.9. The number of aliphatic hydroxyl groups excluding tert-OH is 7. The van der Waals surface area contributed by atoms with Crippen molar-refractivity contribution >= 4 is 11.9 Å². The summed E-state index contributed by atoms with van der Waals surface area (Å²) in [4.78, 5) is 25.8. The number of hydrogen-bond donors (Lipinski definition) is 7. The molecule has 2 fully saturated rings. The van der Waals surface area contributed by atoms with Crippen molar-refractivity contribution in [2.24, 2.45) is 0 Å². The lowest BCUT2D eigenvalue weighted by Crippen LogP contribution is -2.61. The van der Waals surface area contributed by atoms with Crippen molar-refractivity contribution < 1.29 is 73.8 Å². The lowest BCUT2D eigenvalue weighted by molar-refractivity contribution is -0.332. The van der Waals surface area contributed by atoms with E-state index in [0.717, 1.165) is 44.9 Å². The van der Waals surface area contributed by atoms with Crippen molar-refractivity contribution in [3.05, 3.63) is 24.3 Å². The first-order valence-corrected chi connectivity index (χ1v) is 27.9. The third-order valence-corrected chi connectivity index (χ3v) is 13.4. The molecule has 2 rings (SSSR count). The molecule has 0 aliphatic carbocycles. The second-order valence-electron chi connectivity index (χ2n) is 19.8. The molecule has 0 aromatic carbocycles. The Bertz CT molecular complexity index is 1310. The maximum Gasteiger partial charge on any atom is 0.306 e. The van der Waals surface area contributed by atoms with Crippen LogP contribution < -0.4 is 0 Å². The van der Waals surface area contributed by atoms with Crippen LogP contribution in [0.25, 0.3) is 0 Å². The van der Waals surface area contributed by atoms with E-state index in [1.165, 1.54) is 135 Å². The predicted octanol–water partition coefficient (Wildman–Crippen LogP) is 8.72. The molecule has 2 heterocycles. The zero-order valence-electron chi connectivity index (χ0n) is 43.5. The molecule has 15 nitrogen and oxygen atoms in total. The predicted molar refractivity (Wildman–Crippen MR) is 271 cm³/mol. The van der Waals surface area contributed by atoms with E-state index in [4.69, 9.17) is 28.4 Å². The van der Waals surface area contributed by atoms with E-state index in [1.54, 1.807) is 0 Å². The average Bonchev–Trinajstić information content (AvgIpc) is 3.35. The van der Waals surface area contributed by atoms with Gasteiger partial charge in [0.2, 0.25) is 0 Å². The number of aliphatic hydroxyl groups is 7. The summed E-state index contributed by atoms with van der Waals surface area (Å²) in [6.07, 6.45) is 27.8. The molecule has 0 amide bonds. The molecule has 11 atom stereocenters. The van der Waals surface area contributed by atoms with E-state index >= 15 is 0 Å². The smallest absolute Gasteiger partial charge is 0.306 e. The van der Waals surface area contributed by atoms with E-state index < -0.39 is 92.7 Å². The van der Waals surface area contributed by atoms with Gasteiger partial charge < -0.3 is 64.2 Å². The second-order valence-corrected chi connectivity index (χ2v) is 19.8. The van der Waals surface area contributed by atoms with Crippen LogP contribution in [0.5, 0.6) is 0 Å². The molecule has 0 aromatic rings. The maximum absolute atomic E-state index is 13.0. The minimum atomic E-state index is -1.77. The van der Waals surface area contributed by atoms with E-state index in [2.05, 4.69) is 38.2 Å². The number of ether oxygens (including phenoxy) is 6. The molecule has 4 unspecified atom stereocenters. The van der Waals surface area contributed by atoms with Crippen molar-refractivity contribution in [3.8, 4) is 0 Å². The van der Waals surface area contributed by atoms with Crippen molar-refractivity contribution in [1.82, 2.24) is 0 Å². The van der Waals surface area contributed by atoms with Gasteiger partial charge in [-0.2, -0.15) is 0 Å². The lowest BCUT2D eigenvalue weighted by atomic mass is 9.98. The molecule has 410 valence electrons. The van der Waals surface area contributed by atoms with Crippen molar-refractivity contribution in [2.45, 2.75) is 287 Å². The van der Waals surface area contributed by atoms with Crippen LogP contribution in [0.4, 0.5) is 0 Å². The largest absolute Gasteiger partial charge is 0.462 e. The van der Waals surface area contributed by atoms with Crippen LogP contribution in [0.2, 0.25) is 0 Å². The molecule has 7 N–H and O–H groups in total. The van der Waals surface area contributed by atoms with Gasteiger partial charge >= 0.3 is 11.9 Å². The Kier molecular flexibility index (Phi) is 38.8. The number of carbonyl (C=O) groups excluding carboxylic acids is 2. The molecule has 0 bridgehead atoms. The van der Waals surface area contributed by atoms with Gasteiger partial charge in [0.05, 0.1) is 19.8 Å². The minimum Gasteiger partial charge on any atom is -0.462 e. The number of allylic oxidation sites excluding steroid dienone is 4. The van der Waals surface area contributed by atoms with Gasteiger partial charge in [0.1, 0.15) is 55.4 Å². The third kappa shape index (κ3) is 29.6. The van der Waals surface area contributed by atoms with Gasteiger partial charge in [0, 0.05) is 12.8 Å². The fraction of sp³-hybridized carbons (Fsp3) is 0.891. The fourth-order valence-electron chi connectivity index (χ4n) is 8.80. The molecule has 0 aromatic heterocycles. The van der Waals surface area contributed by atoms with Crippen molar-refractivity contribution in [3.63, 3.8) is 0 Å². The summed E-state index contributed by atoms with van der Waals surface area (Å²) < 4.78 is 33.6. The second kappa shape index (κ2) is 42.3. The molecule has 2 aliphatic rings. The van der Waals surface area contributed by atoms with Crippen LogP contribution in [0.3, 0.4) is 0 Å². The van der Waals surface area contributed by atoms with Crippen molar-refractivity contribution in [2.75, 3.05) is 26.4 Å². The Balaban J connectivity index is 1.75. The summed E-state index contributed by atoms with van der Waals surface area (Å²) in [5, 5.41) is 72.1. The average molecular weight is 1000 g/mol. The zero-order chi connectivity index (χ0) is 51.0. The van der Waals surface area contributed by atoms with Crippen LogP contribution in [0.1, 0.15) is 219 Å². The van der Waals surface area contributed by atoms with Gasteiger partial charge in [-0.25, -0.2) is 0 Å². The molecule has 15 heteroatoms. The minimum absolute atomic E-state index is 0.147. The maximum atomic E-state index is 13.0. The topological polar surface area (TPSA) is 231 Å². The normalized spacial score (nSPS) is 25.5. The van der Waals surface area contributed by atoms with Gasteiger partial charge in [-0.15, -0.1) is 0 Å². The highest BCUT2D eigenvalue weighted by molar-refractivity contribution is 5.70.